The number of rotatable bonds is 7. The standard InChI is InChI=1S/C22H21ClN2O3S/c1-16-6-5-7-17(14-16)15-25(21(22(24)26)18-8-3-2-4-9-18)29(27,28)20-12-10-19(23)11-13-20/h2-14,21H,15H2,1H3,(H2,24,26)/t21-/m1/s1. The Balaban J connectivity index is 2.14. The van der Waals surface area contributed by atoms with E-state index in [1.165, 1.54) is 24.3 Å². The zero-order valence-corrected chi connectivity index (χ0v) is 17.4. The van der Waals surface area contributed by atoms with Crippen LogP contribution in [0.5, 0.6) is 0 Å². The number of sulfonamides is 1. The number of nitrogens with two attached hydrogens (primary N) is 1. The van der Waals surface area contributed by atoms with Gasteiger partial charge in [0.15, 0.2) is 0 Å². The first kappa shape index (κ1) is 21.0. The van der Waals surface area contributed by atoms with E-state index in [0.29, 0.717) is 10.6 Å². The second-order valence-electron chi connectivity index (χ2n) is 6.71. The zero-order valence-electron chi connectivity index (χ0n) is 15.8. The van der Waals surface area contributed by atoms with E-state index in [4.69, 9.17) is 17.3 Å². The minimum Gasteiger partial charge on any atom is -0.368 e. The molecule has 3 rings (SSSR count). The molecule has 150 valence electrons. The molecule has 0 saturated heterocycles. The summed E-state index contributed by atoms with van der Waals surface area (Å²) in [6.07, 6.45) is 0. The molecule has 1 amide bonds. The van der Waals surface area contributed by atoms with Gasteiger partial charge < -0.3 is 5.73 Å². The minimum atomic E-state index is -4.05. The highest BCUT2D eigenvalue weighted by molar-refractivity contribution is 7.89. The lowest BCUT2D eigenvalue weighted by molar-refractivity contribution is -0.122. The van der Waals surface area contributed by atoms with Crippen LogP contribution in [0, 0.1) is 6.92 Å². The molecule has 2 N–H and O–H groups in total. The second kappa shape index (κ2) is 8.78. The number of hydrogen-bond donors (Lipinski definition) is 1. The van der Waals surface area contributed by atoms with Crippen LogP contribution < -0.4 is 5.73 Å². The number of carbonyl (C=O) groups excluding carboxylic acids is 1. The lowest BCUT2D eigenvalue weighted by Crippen LogP contribution is -2.41. The summed E-state index contributed by atoms with van der Waals surface area (Å²) in [5.41, 5.74) is 7.93. The maximum Gasteiger partial charge on any atom is 0.244 e. The molecule has 0 saturated carbocycles. The summed E-state index contributed by atoms with van der Waals surface area (Å²) < 4.78 is 28.2. The summed E-state index contributed by atoms with van der Waals surface area (Å²) in [6, 6.07) is 20.8. The Labute approximate surface area is 175 Å². The van der Waals surface area contributed by atoms with Gasteiger partial charge in [0.05, 0.1) is 4.90 Å². The topological polar surface area (TPSA) is 80.5 Å². The lowest BCUT2D eigenvalue weighted by atomic mass is 10.1. The number of benzene rings is 3. The van der Waals surface area contributed by atoms with Gasteiger partial charge in [-0.1, -0.05) is 71.8 Å². The third-order valence-electron chi connectivity index (χ3n) is 4.51. The number of hydrogen-bond acceptors (Lipinski definition) is 3. The highest BCUT2D eigenvalue weighted by Gasteiger charge is 2.36. The largest absolute Gasteiger partial charge is 0.368 e. The quantitative estimate of drug-likeness (QED) is 0.616. The van der Waals surface area contributed by atoms with Crippen LogP contribution in [0.15, 0.2) is 83.8 Å². The van der Waals surface area contributed by atoms with Crippen LogP contribution in [0.3, 0.4) is 0 Å². The Hall–Kier alpha value is -2.67. The second-order valence-corrected chi connectivity index (χ2v) is 9.04. The van der Waals surface area contributed by atoms with Gasteiger partial charge in [-0.3, -0.25) is 4.79 Å². The van der Waals surface area contributed by atoms with Crippen molar-refractivity contribution in [2.24, 2.45) is 5.73 Å². The molecule has 0 aromatic heterocycles. The normalized spacial score (nSPS) is 12.7. The van der Waals surface area contributed by atoms with Gasteiger partial charge in [0.25, 0.3) is 0 Å². The van der Waals surface area contributed by atoms with Gasteiger partial charge >= 0.3 is 0 Å². The molecule has 0 fully saturated rings. The van der Waals surface area contributed by atoms with Gasteiger partial charge in [-0.15, -0.1) is 0 Å². The van der Waals surface area contributed by atoms with Crippen molar-refractivity contribution < 1.29 is 13.2 Å². The molecule has 3 aromatic rings. The number of carbonyl (C=O) groups is 1. The molecule has 29 heavy (non-hydrogen) atoms. The molecular formula is C22H21ClN2O3S. The van der Waals surface area contributed by atoms with Crippen LogP contribution in [-0.2, 0) is 21.4 Å². The van der Waals surface area contributed by atoms with E-state index >= 15 is 0 Å². The van der Waals surface area contributed by atoms with Crippen molar-refractivity contribution in [1.29, 1.82) is 0 Å². The third-order valence-corrected chi connectivity index (χ3v) is 6.59. The van der Waals surface area contributed by atoms with Gasteiger partial charge in [-0.25, -0.2) is 8.42 Å². The van der Waals surface area contributed by atoms with E-state index in [-0.39, 0.29) is 11.4 Å². The van der Waals surface area contributed by atoms with E-state index in [9.17, 15) is 13.2 Å². The monoisotopic (exact) mass is 428 g/mol. The van der Waals surface area contributed by atoms with Crippen LogP contribution in [0.25, 0.3) is 0 Å². The first-order valence-corrected chi connectivity index (χ1v) is 10.8. The minimum absolute atomic E-state index is 0.00482. The van der Waals surface area contributed by atoms with Gasteiger partial charge in [-0.2, -0.15) is 4.31 Å². The molecule has 0 radical (unpaired) electrons. The third kappa shape index (κ3) is 4.85. The van der Waals surface area contributed by atoms with E-state index in [1.807, 2.05) is 31.2 Å². The van der Waals surface area contributed by atoms with Crippen LogP contribution in [0.4, 0.5) is 0 Å². The van der Waals surface area contributed by atoms with Gasteiger partial charge in [-0.05, 0) is 42.3 Å². The number of aryl methyl sites for hydroxylation is 1. The Bertz CT molecular complexity index is 1100. The maximum absolute atomic E-state index is 13.5. The fourth-order valence-corrected chi connectivity index (χ4v) is 4.85. The summed E-state index contributed by atoms with van der Waals surface area (Å²) in [6.45, 7) is 1.92. The first-order chi connectivity index (χ1) is 13.8. The van der Waals surface area contributed by atoms with Gasteiger partial charge in [0, 0.05) is 11.6 Å². The number of primary amides is 1. The van der Waals surface area contributed by atoms with Gasteiger partial charge in [0.1, 0.15) is 6.04 Å². The summed E-state index contributed by atoms with van der Waals surface area (Å²) in [4.78, 5) is 12.5. The van der Waals surface area contributed by atoms with E-state index in [2.05, 4.69) is 0 Å². The predicted octanol–water partition coefficient (Wildman–Crippen LogP) is 4.07. The first-order valence-electron chi connectivity index (χ1n) is 8.96. The average Bonchev–Trinajstić information content (AvgIpc) is 2.68. The molecule has 3 aromatic carbocycles. The van der Waals surface area contributed by atoms with Crippen LogP contribution in [0.2, 0.25) is 5.02 Å². The van der Waals surface area contributed by atoms with Crippen molar-refractivity contribution in [2.75, 3.05) is 0 Å². The molecule has 1 atom stereocenters. The summed E-state index contributed by atoms with van der Waals surface area (Å²) >= 11 is 5.91. The summed E-state index contributed by atoms with van der Waals surface area (Å²) in [5.74, 6) is -0.749. The average molecular weight is 429 g/mol. The molecule has 0 aliphatic heterocycles. The van der Waals surface area contributed by atoms with Crippen LogP contribution in [0.1, 0.15) is 22.7 Å². The molecule has 5 nitrogen and oxygen atoms in total. The van der Waals surface area contributed by atoms with E-state index in [0.717, 1.165) is 15.4 Å². The van der Waals surface area contributed by atoms with Crippen LogP contribution >= 0.6 is 11.6 Å². The van der Waals surface area contributed by atoms with E-state index in [1.54, 1.807) is 30.3 Å². The Kier molecular flexibility index (Phi) is 6.37. The molecule has 0 heterocycles. The SMILES string of the molecule is Cc1cccc(CN([C@@H](C(N)=O)c2ccccc2)S(=O)(=O)c2ccc(Cl)cc2)c1. The fourth-order valence-electron chi connectivity index (χ4n) is 3.16. The Morgan fingerprint density at radius 3 is 2.24 bits per heavy atom. The fraction of sp³-hybridized carbons (Fsp3) is 0.136. The van der Waals surface area contributed by atoms with Gasteiger partial charge in [0.2, 0.25) is 15.9 Å². The predicted molar refractivity (Wildman–Crippen MR) is 114 cm³/mol. The van der Waals surface area contributed by atoms with E-state index < -0.39 is 22.0 Å². The number of amides is 1. The smallest absolute Gasteiger partial charge is 0.244 e. The molecule has 0 spiro atoms. The van der Waals surface area contributed by atoms with Crippen molar-refractivity contribution in [3.05, 3.63) is 101 Å². The lowest BCUT2D eigenvalue weighted by Gasteiger charge is -2.29. The van der Waals surface area contributed by atoms with Crippen molar-refractivity contribution in [1.82, 2.24) is 4.31 Å². The number of halogens is 1. The highest BCUT2D eigenvalue weighted by Crippen LogP contribution is 2.30. The summed E-state index contributed by atoms with van der Waals surface area (Å²) in [7, 11) is -4.05. The van der Waals surface area contributed by atoms with Crippen molar-refractivity contribution >= 4 is 27.5 Å². The summed E-state index contributed by atoms with van der Waals surface area (Å²) in [5, 5.41) is 0.420. The van der Waals surface area contributed by atoms with Crippen molar-refractivity contribution in [2.45, 2.75) is 24.4 Å². The highest BCUT2D eigenvalue weighted by atomic mass is 35.5. The zero-order chi connectivity index (χ0) is 21.0. The van der Waals surface area contributed by atoms with Crippen molar-refractivity contribution in [3.63, 3.8) is 0 Å². The van der Waals surface area contributed by atoms with Crippen molar-refractivity contribution in [3.8, 4) is 0 Å². The number of nitrogens with zero attached hydrogens (tertiary/aromatic N) is 1. The Morgan fingerprint density at radius 1 is 1.00 bits per heavy atom. The molecule has 0 aliphatic carbocycles. The van der Waals surface area contributed by atoms with Crippen LogP contribution in [-0.4, -0.2) is 18.6 Å². The molecule has 0 bridgehead atoms. The molecule has 0 unspecified atom stereocenters. The molecule has 0 aliphatic rings. The Morgan fingerprint density at radius 2 is 1.66 bits per heavy atom. The maximum atomic E-state index is 13.5. The molecule has 7 heteroatoms. The molecular weight excluding hydrogens is 408 g/mol.